The first-order chi connectivity index (χ1) is 9.65. The number of aryl methyl sites for hydroxylation is 1. The Morgan fingerprint density at radius 2 is 1.70 bits per heavy atom. The number of ketones is 1. The number of hydrogen-bond donors (Lipinski definition) is 0. The van der Waals surface area contributed by atoms with Crippen LogP contribution in [0, 0.1) is 6.92 Å². The molecular formula is C18H28O2. The second-order valence-corrected chi connectivity index (χ2v) is 5.51. The second kappa shape index (κ2) is 9.57. The maximum Gasteiger partial charge on any atom is 0.159 e. The van der Waals surface area contributed by atoms with Gasteiger partial charge < -0.3 is 4.74 Å². The number of unbranched alkanes of at least 4 members (excludes halogenated alkanes) is 6. The van der Waals surface area contributed by atoms with Crippen LogP contribution in [0.5, 0.6) is 5.75 Å². The van der Waals surface area contributed by atoms with Crippen molar-refractivity contribution < 1.29 is 9.53 Å². The van der Waals surface area contributed by atoms with Gasteiger partial charge in [0.05, 0.1) is 6.61 Å². The van der Waals surface area contributed by atoms with Gasteiger partial charge in [-0.2, -0.15) is 0 Å². The second-order valence-electron chi connectivity index (χ2n) is 5.51. The van der Waals surface area contributed by atoms with Crippen LogP contribution in [0.2, 0.25) is 0 Å². The summed E-state index contributed by atoms with van der Waals surface area (Å²) in [5.41, 5.74) is 1.80. The molecule has 2 nitrogen and oxygen atoms in total. The molecular weight excluding hydrogens is 248 g/mol. The van der Waals surface area contributed by atoms with Gasteiger partial charge in [0.2, 0.25) is 0 Å². The van der Waals surface area contributed by atoms with Gasteiger partial charge in [-0.05, 0) is 44.0 Å². The molecule has 0 aliphatic carbocycles. The SMILES string of the molecule is CCCCCCCCCOc1ccc(C(C)=O)cc1C. The van der Waals surface area contributed by atoms with Crippen LogP contribution in [0.25, 0.3) is 0 Å². The normalized spacial score (nSPS) is 10.6. The summed E-state index contributed by atoms with van der Waals surface area (Å²) < 4.78 is 5.79. The minimum atomic E-state index is 0.103. The van der Waals surface area contributed by atoms with E-state index in [4.69, 9.17) is 4.74 Å². The average Bonchev–Trinajstić information content (AvgIpc) is 2.43. The lowest BCUT2D eigenvalue weighted by molar-refractivity contribution is 0.101. The Bertz CT molecular complexity index is 410. The highest BCUT2D eigenvalue weighted by Gasteiger charge is 2.04. The largest absolute Gasteiger partial charge is 0.493 e. The molecule has 0 saturated carbocycles. The zero-order valence-corrected chi connectivity index (χ0v) is 13.2. The van der Waals surface area contributed by atoms with E-state index in [1.807, 2.05) is 25.1 Å². The van der Waals surface area contributed by atoms with Gasteiger partial charge >= 0.3 is 0 Å². The zero-order valence-electron chi connectivity index (χ0n) is 13.2. The number of carbonyl (C=O) groups is 1. The number of benzene rings is 1. The summed E-state index contributed by atoms with van der Waals surface area (Å²) in [6, 6.07) is 5.66. The van der Waals surface area contributed by atoms with Crippen molar-refractivity contribution in [2.75, 3.05) is 6.61 Å². The third-order valence-electron chi connectivity index (χ3n) is 3.59. The average molecular weight is 276 g/mol. The van der Waals surface area contributed by atoms with Gasteiger partial charge in [-0.1, -0.05) is 45.4 Å². The Labute approximate surface area is 123 Å². The van der Waals surface area contributed by atoms with Crippen LogP contribution in [-0.4, -0.2) is 12.4 Å². The summed E-state index contributed by atoms with van der Waals surface area (Å²) in [4.78, 5) is 11.3. The fourth-order valence-electron chi connectivity index (χ4n) is 2.27. The summed E-state index contributed by atoms with van der Waals surface area (Å²) >= 11 is 0. The standard InChI is InChI=1S/C18H28O2/c1-4-5-6-7-8-9-10-13-20-18-12-11-17(16(3)19)14-15(18)2/h11-12,14H,4-10,13H2,1-3H3. The molecule has 0 N–H and O–H groups in total. The maximum absolute atomic E-state index is 11.3. The first kappa shape index (κ1) is 16.7. The molecule has 0 saturated heterocycles. The molecule has 0 bridgehead atoms. The number of ether oxygens (including phenoxy) is 1. The molecule has 0 heterocycles. The van der Waals surface area contributed by atoms with Crippen molar-refractivity contribution in [3.05, 3.63) is 29.3 Å². The predicted molar refractivity (Wildman–Crippen MR) is 84.7 cm³/mol. The molecule has 0 amide bonds. The lowest BCUT2D eigenvalue weighted by atomic mass is 10.1. The van der Waals surface area contributed by atoms with Crippen LogP contribution in [-0.2, 0) is 0 Å². The highest BCUT2D eigenvalue weighted by Crippen LogP contribution is 2.20. The lowest BCUT2D eigenvalue weighted by Gasteiger charge is -2.10. The summed E-state index contributed by atoms with van der Waals surface area (Å²) in [6.45, 7) is 6.60. The number of carbonyl (C=O) groups excluding carboxylic acids is 1. The van der Waals surface area contributed by atoms with Gasteiger partial charge in [-0.3, -0.25) is 4.79 Å². The van der Waals surface area contributed by atoms with Gasteiger partial charge in [-0.25, -0.2) is 0 Å². The Hall–Kier alpha value is -1.31. The molecule has 20 heavy (non-hydrogen) atoms. The Balaban J connectivity index is 2.20. The monoisotopic (exact) mass is 276 g/mol. The first-order valence-electron chi connectivity index (χ1n) is 7.89. The molecule has 0 aliphatic rings. The van der Waals surface area contributed by atoms with E-state index in [2.05, 4.69) is 6.92 Å². The topological polar surface area (TPSA) is 26.3 Å². The Morgan fingerprint density at radius 3 is 2.30 bits per heavy atom. The van der Waals surface area contributed by atoms with Crippen LogP contribution < -0.4 is 4.74 Å². The van der Waals surface area contributed by atoms with Gasteiger partial charge in [0, 0.05) is 5.56 Å². The Morgan fingerprint density at radius 1 is 1.05 bits per heavy atom. The zero-order chi connectivity index (χ0) is 14.8. The predicted octanol–water partition coefficient (Wildman–Crippen LogP) is 5.33. The molecule has 1 aromatic carbocycles. The van der Waals surface area contributed by atoms with E-state index in [1.54, 1.807) is 6.92 Å². The van der Waals surface area contributed by atoms with Crippen LogP contribution in [0.3, 0.4) is 0 Å². The van der Waals surface area contributed by atoms with Gasteiger partial charge in [0.15, 0.2) is 5.78 Å². The van der Waals surface area contributed by atoms with Gasteiger partial charge in [0.1, 0.15) is 5.75 Å². The van der Waals surface area contributed by atoms with Crippen molar-refractivity contribution in [1.29, 1.82) is 0 Å². The van der Waals surface area contributed by atoms with E-state index in [-0.39, 0.29) is 5.78 Å². The fourth-order valence-corrected chi connectivity index (χ4v) is 2.27. The molecule has 0 unspecified atom stereocenters. The molecule has 0 radical (unpaired) electrons. The minimum absolute atomic E-state index is 0.103. The van der Waals surface area contributed by atoms with Crippen LogP contribution in [0.15, 0.2) is 18.2 Å². The van der Waals surface area contributed by atoms with Crippen molar-refractivity contribution >= 4 is 5.78 Å². The number of rotatable bonds is 10. The molecule has 1 rings (SSSR count). The van der Waals surface area contributed by atoms with E-state index in [0.717, 1.165) is 29.9 Å². The van der Waals surface area contributed by atoms with Gasteiger partial charge in [-0.15, -0.1) is 0 Å². The van der Waals surface area contributed by atoms with E-state index >= 15 is 0 Å². The molecule has 0 fully saturated rings. The summed E-state index contributed by atoms with van der Waals surface area (Å²) in [6.07, 6.45) is 9.04. The summed E-state index contributed by atoms with van der Waals surface area (Å²) in [5.74, 6) is 1.01. The van der Waals surface area contributed by atoms with Crippen molar-refractivity contribution in [2.45, 2.75) is 65.7 Å². The third-order valence-corrected chi connectivity index (χ3v) is 3.59. The van der Waals surface area contributed by atoms with Crippen LogP contribution in [0.4, 0.5) is 0 Å². The maximum atomic E-state index is 11.3. The highest BCUT2D eigenvalue weighted by atomic mass is 16.5. The van der Waals surface area contributed by atoms with Crippen molar-refractivity contribution in [1.82, 2.24) is 0 Å². The molecule has 0 atom stereocenters. The van der Waals surface area contributed by atoms with Crippen LogP contribution in [0.1, 0.15) is 74.7 Å². The first-order valence-corrected chi connectivity index (χ1v) is 7.89. The number of Topliss-reactive ketones (excluding diaryl/α,β-unsaturated/α-hetero) is 1. The highest BCUT2D eigenvalue weighted by molar-refractivity contribution is 5.94. The van der Waals surface area contributed by atoms with E-state index in [1.165, 1.54) is 38.5 Å². The third kappa shape index (κ3) is 6.23. The van der Waals surface area contributed by atoms with Crippen molar-refractivity contribution in [3.8, 4) is 5.75 Å². The summed E-state index contributed by atoms with van der Waals surface area (Å²) in [5, 5.41) is 0. The quantitative estimate of drug-likeness (QED) is 0.426. The van der Waals surface area contributed by atoms with E-state index in [0.29, 0.717) is 0 Å². The molecule has 1 aromatic rings. The molecule has 112 valence electrons. The number of hydrogen-bond acceptors (Lipinski definition) is 2. The molecule has 0 spiro atoms. The Kier molecular flexibility index (Phi) is 8.01. The molecule has 0 aromatic heterocycles. The van der Waals surface area contributed by atoms with Crippen molar-refractivity contribution in [3.63, 3.8) is 0 Å². The smallest absolute Gasteiger partial charge is 0.159 e. The summed E-state index contributed by atoms with van der Waals surface area (Å²) in [7, 11) is 0. The lowest BCUT2D eigenvalue weighted by Crippen LogP contribution is -2.00. The fraction of sp³-hybridized carbons (Fsp3) is 0.611. The van der Waals surface area contributed by atoms with E-state index < -0.39 is 0 Å². The van der Waals surface area contributed by atoms with Gasteiger partial charge in [0.25, 0.3) is 0 Å². The molecule has 0 aliphatic heterocycles. The van der Waals surface area contributed by atoms with E-state index in [9.17, 15) is 4.79 Å². The molecule has 2 heteroatoms. The minimum Gasteiger partial charge on any atom is -0.493 e. The van der Waals surface area contributed by atoms with Crippen molar-refractivity contribution in [2.24, 2.45) is 0 Å². The van der Waals surface area contributed by atoms with Crippen LogP contribution >= 0.6 is 0 Å².